The summed E-state index contributed by atoms with van der Waals surface area (Å²) >= 11 is 0. The van der Waals surface area contributed by atoms with Crippen LogP contribution in [0.15, 0.2) is 50.2 Å². The fourth-order valence-corrected chi connectivity index (χ4v) is 4.07. The molecule has 0 N–H and O–H groups in total. The first-order chi connectivity index (χ1) is 14.0. The van der Waals surface area contributed by atoms with E-state index in [0.717, 1.165) is 64.3 Å². The molecule has 0 spiro atoms. The standard InChI is InChI=1S/C25H25FO3/c1-4-5-6-7-8-19-15(2)20-13-21-22(17-9-11-18(26)12-10-17)14-28-23(21)16(3)24(20)29-25(19)27/h9-14H,4-8H2,1-3H3. The van der Waals surface area contributed by atoms with E-state index < -0.39 is 0 Å². The third-order valence-corrected chi connectivity index (χ3v) is 5.78. The molecule has 4 rings (SSSR count). The lowest BCUT2D eigenvalue weighted by Gasteiger charge is -2.10. The number of unbranched alkanes of at least 4 members (excludes halogenated alkanes) is 3. The van der Waals surface area contributed by atoms with Crippen molar-refractivity contribution in [3.63, 3.8) is 0 Å². The Bertz CT molecular complexity index is 1230. The van der Waals surface area contributed by atoms with E-state index in [4.69, 9.17) is 8.83 Å². The maximum Gasteiger partial charge on any atom is 0.339 e. The topological polar surface area (TPSA) is 43.4 Å². The molecule has 0 bridgehead atoms. The van der Waals surface area contributed by atoms with Gasteiger partial charge in [0.15, 0.2) is 0 Å². The lowest BCUT2D eigenvalue weighted by Crippen LogP contribution is -2.10. The van der Waals surface area contributed by atoms with Crippen LogP contribution in [0.5, 0.6) is 0 Å². The van der Waals surface area contributed by atoms with Crippen LogP contribution in [0.25, 0.3) is 33.1 Å². The maximum atomic E-state index is 13.3. The van der Waals surface area contributed by atoms with Gasteiger partial charge in [-0.15, -0.1) is 0 Å². The highest BCUT2D eigenvalue weighted by molar-refractivity contribution is 6.04. The molecule has 2 aromatic heterocycles. The zero-order valence-electron chi connectivity index (χ0n) is 17.1. The summed E-state index contributed by atoms with van der Waals surface area (Å²) in [6.07, 6.45) is 6.85. The molecule has 3 nitrogen and oxygen atoms in total. The van der Waals surface area contributed by atoms with Gasteiger partial charge in [0, 0.05) is 27.5 Å². The third kappa shape index (κ3) is 3.48. The minimum absolute atomic E-state index is 0.251. The molecule has 29 heavy (non-hydrogen) atoms. The van der Waals surface area contributed by atoms with Crippen LogP contribution in [0.4, 0.5) is 4.39 Å². The highest BCUT2D eigenvalue weighted by atomic mass is 19.1. The summed E-state index contributed by atoms with van der Waals surface area (Å²) in [6.45, 7) is 6.08. The quantitative estimate of drug-likeness (QED) is 0.260. The number of rotatable bonds is 6. The van der Waals surface area contributed by atoms with E-state index in [1.165, 1.54) is 18.6 Å². The normalized spacial score (nSPS) is 11.6. The van der Waals surface area contributed by atoms with E-state index in [2.05, 4.69) is 6.92 Å². The number of hydrogen-bond donors (Lipinski definition) is 0. The van der Waals surface area contributed by atoms with E-state index >= 15 is 0 Å². The van der Waals surface area contributed by atoms with Gasteiger partial charge in [-0.05, 0) is 56.0 Å². The van der Waals surface area contributed by atoms with Crippen molar-refractivity contribution in [1.29, 1.82) is 0 Å². The summed E-state index contributed by atoms with van der Waals surface area (Å²) in [7, 11) is 0. The Balaban J connectivity index is 1.88. The summed E-state index contributed by atoms with van der Waals surface area (Å²) in [5, 5.41) is 1.88. The Morgan fingerprint density at radius 1 is 0.931 bits per heavy atom. The summed E-state index contributed by atoms with van der Waals surface area (Å²) < 4.78 is 24.9. The van der Waals surface area contributed by atoms with E-state index in [0.29, 0.717) is 11.2 Å². The molecular formula is C25H25FO3. The second kappa shape index (κ2) is 7.86. The molecule has 4 heteroatoms. The smallest absolute Gasteiger partial charge is 0.339 e. The lowest BCUT2D eigenvalue weighted by molar-refractivity contribution is 0.539. The Kier molecular flexibility index (Phi) is 5.27. The molecule has 4 aromatic rings. The van der Waals surface area contributed by atoms with E-state index in [9.17, 15) is 9.18 Å². The van der Waals surface area contributed by atoms with E-state index in [1.807, 2.05) is 19.9 Å². The van der Waals surface area contributed by atoms with Gasteiger partial charge >= 0.3 is 5.63 Å². The van der Waals surface area contributed by atoms with Crippen LogP contribution >= 0.6 is 0 Å². The highest BCUT2D eigenvalue weighted by Gasteiger charge is 2.18. The zero-order chi connectivity index (χ0) is 20.5. The molecule has 150 valence electrons. The predicted molar refractivity (Wildman–Crippen MR) is 115 cm³/mol. The molecule has 0 fully saturated rings. The second-order valence-corrected chi connectivity index (χ2v) is 7.71. The Labute approximate surface area is 169 Å². The molecule has 0 unspecified atom stereocenters. The van der Waals surface area contributed by atoms with Crippen LogP contribution in [0.3, 0.4) is 0 Å². The molecule has 0 saturated heterocycles. The molecule has 0 aliphatic rings. The maximum absolute atomic E-state index is 13.3. The summed E-state index contributed by atoms with van der Waals surface area (Å²) in [4.78, 5) is 12.6. The molecule has 0 aliphatic heterocycles. The average Bonchev–Trinajstić information content (AvgIpc) is 3.13. The van der Waals surface area contributed by atoms with Gasteiger partial charge in [-0.2, -0.15) is 0 Å². The van der Waals surface area contributed by atoms with Gasteiger partial charge in [0.1, 0.15) is 17.0 Å². The van der Waals surface area contributed by atoms with Crippen LogP contribution in [-0.4, -0.2) is 0 Å². The van der Waals surface area contributed by atoms with Gasteiger partial charge in [0.2, 0.25) is 0 Å². The van der Waals surface area contributed by atoms with E-state index in [1.54, 1.807) is 18.4 Å². The molecule has 2 heterocycles. The zero-order valence-corrected chi connectivity index (χ0v) is 17.1. The molecule has 2 aromatic carbocycles. The molecular weight excluding hydrogens is 367 g/mol. The minimum Gasteiger partial charge on any atom is -0.463 e. The summed E-state index contributed by atoms with van der Waals surface area (Å²) in [5.74, 6) is -0.270. The Hall–Kier alpha value is -2.88. The van der Waals surface area contributed by atoms with Gasteiger partial charge in [-0.1, -0.05) is 38.3 Å². The van der Waals surface area contributed by atoms with Gasteiger partial charge in [-0.25, -0.2) is 9.18 Å². The first-order valence-electron chi connectivity index (χ1n) is 10.2. The SMILES string of the molecule is CCCCCCc1c(C)c2cc3c(-c4ccc(F)cc4)coc3c(C)c2oc1=O. The monoisotopic (exact) mass is 392 g/mol. The fourth-order valence-electron chi connectivity index (χ4n) is 4.07. The van der Waals surface area contributed by atoms with Crippen LogP contribution in [0, 0.1) is 19.7 Å². The second-order valence-electron chi connectivity index (χ2n) is 7.71. The Morgan fingerprint density at radius 3 is 2.41 bits per heavy atom. The van der Waals surface area contributed by atoms with Crippen molar-refractivity contribution >= 4 is 21.9 Å². The molecule has 0 saturated carbocycles. The summed E-state index contributed by atoms with van der Waals surface area (Å²) in [5.41, 5.74) is 5.36. The van der Waals surface area contributed by atoms with Crippen molar-refractivity contribution in [3.05, 3.63) is 69.5 Å². The van der Waals surface area contributed by atoms with Crippen LogP contribution < -0.4 is 5.63 Å². The number of furan rings is 1. The Morgan fingerprint density at radius 2 is 1.69 bits per heavy atom. The minimum atomic E-state index is -0.270. The van der Waals surface area contributed by atoms with Gasteiger partial charge in [0.25, 0.3) is 0 Å². The van der Waals surface area contributed by atoms with Crippen LogP contribution in [0.1, 0.15) is 49.3 Å². The fraction of sp³-hybridized carbons (Fsp3) is 0.320. The third-order valence-electron chi connectivity index (χ3n) is 5.78. The van der Waals surface area contributed by atoms with Crippen LogP contribution in [-0.2, 0) is 6.42 Å². The molecule has 0 atom stereocenters. The molecule has 0 amide bonds. The number of benzene rings is 2. The lowest BCUT2D eigenvalue weighted by atomic mass is 9.96. The number of fused-ring (bicyclic) bond motifs is 2. The van der Waals surface area contributed by atoms with Crippen molar-refractivity contribution in [3.8, 4) is 11.1 Å². The van der Waals surface area contributed by atoms with Gasteiger partial charge in [0.05, 0.1) is 6.26 Å². The first kappa shape index (κ1) is 19.4. The number of hydrogen-bond acceptors (Lipinski definition) is 3. The van der Waals surface area contributed by atoms with Crippen molar-refractivity contribution in [2.45, 2.75) is 52.9 Å². The molecule has 0 radical (unpaired) electrons. The first-order valence-corrected chi connectivity index (χ1v) is 10.2. The number of halogens is 1. The summed E-state index contributed by atoms with van der Waals surface area (Å²) in [6, 6.07) is 8.42. The van der Waals surface area contributed by atoms with Crippen LogP contribution in [0.2, 0.25) is 0 Å². The molecule has 0 aliphatic carbocycles. The van der Waals surface area contributed by atoms with Crippen molar-refractivity contribution in [2.24, 2.45) is 0 Å². The van der Waals surface area contributed by atoms with Crippen molar-refractivity contribution in [2.75, 3.05) is 0 Å². The van der Waals surface area contributed by atoms with Gasteiger partial charge in [-0.3, -0.25) is 0 Å². The van der Waals surface area contributed by atoms with Gasteiger partial charge < -0.3 is 8.83 Å². The highest BCUT2D eigenvalue weighted by Crippen LogP contribution is 2.37. The van der Waals surface area contributed by atoms with E-state index in [-0.39, 0.29) is 11.4 Å². The van der Waals surface area contributed by atoms with Crippen molar-refractivity contribution in [1.82, 2.24) is 0 Å². The number of aryl methyl sites for hydroxylation is 2. The predicted octanol–water partition coefficient (Wildman–Crippen LogP) is 7.08. The average molecular weight is 392 g/mol. The van der Waals surface area contributed by atoms with Crippen molar-refractivity contribution < 1.29 is 13.2 Å². The largest absolute Gasteiger partial charge is 0.463 e.